The molecule has 0 unspecified atom stereocenters. The Morgan fingerprint density at radius 2 is 1.56 bits per heavy atom. The Morgan fingerprint density at radius 1 is 0.941 bits per heavy atom. The molecule has 172 valence electrons. The van der Waals surface area contributed by atoms with Gasteiger partial charge in [-0.2, -0.15) is 0 Å². The van der Waals surface area contributed by atoms with Gasteiger partial charge in [-0.1, -0.05) is 65.7 Å². The van der Waals surface area contributed by atoms with Gasteiger partial charge in [0.2, 0.25) is 5.90 Å². The number of para-hydroxylation sites is 1. The average molecular weight is 473 g/mol. The van der Waals surface area contributed by atoms with Crippen molar-refractivity contribution < 1.29 is 17.9 Å². The predicted octanol–water partition coefficient (Wildman–Crippen LogP) is 5.03. The van der Waals surface area contributed by atoms with E-state index in [1.807, 2.05) is 38.1 Å². The van der Waals surface area contributed by atoms with Crippen LogP contribution >= 0.6 is 0 Å². The van der Waals surface area contributed by atoms with E-state index in [0.717, 1.165) is 16.7 Å². The normalized spacial score (nSPS) is 14.6. The molecule has 1 aliphatic rings. The van der Waals surface area contributed by atoms with Crippen molar-refractivity contribution >= 4 is 33.7 Å². The molecule has 0 N–H and O–H groups in total. The molecule has 0 atom stereocenters. The van der Waals surface area contributed by atoms with E-state index in [1.165, 1.54) is 10.4 Å². The van der Waals surface area contributed by atoms with Gasteiger partial charge in [0, 0.05) is 0 Å². The monoisotopic (exact) mass is 472 g/mol. The molecule has 4 rings (SSSR count). The minimum Gasteiger partial charge on any atom is -0.402 e. The van der Waals surface area contributed by atoms with Crippen molar-refractivity contribution in [2.45, 2.75) is 18.7 Å². The van der Waals surface area contributed by atoms with Crippen molar-refractivity contribution in [1.82, 2.24) is 0 Å². The first-order valence-corrected chi connectivity index (χ1v) is 12.1. The largest absolute Gasteiger partial charge is 0.402 e. The fourth-order valence-corrected chi connectivity index (χ4v) is 4.95. The highest BCUT2D eigenvalue weighted by molar-refractivity contribution is 7.92. The van der Waals surface area contributed by atoms with Crippen LogP contribution in [0.15, 0.2) is 101 Å². The van der Waals surface area contributed by atoms with Crippen LogP contribution in [0.3, 0.4) is 0 Å². The number of rotatable bonds is 7. The summed E-state index contributed by atoms with van der Waals surface area (Å²) < 4.78 is 33.7. The number of cyclic esters (lactones) is 1. The highest BCUT2D eigenvalue weighted by Crippen LogP contribution is 2.30. The molecule has 0 spiro atoms. The van der Waals surface area contributed by atoms with Crippen LogP contribution < -0.4 is 4.31 Å². The predicted molar refractivity (Wildman–Crippen MR) is 134 cm³/mol. The molecule has 0 aliphatic carbocycles. The third-order valence-electron chi connectivity index (χ3n) is 5.31. The van der Waals surface area contributed by atoms with Gasteiger partial charge in [-0.15, -0.1) is 6.58 Å². The molecule has 3 aromatic carbocycles. The summed E-state index contributed by atoms with van der Waals surface area (Å²) in [5.74, 6) is -0.547. The minimum absolute atomic E-state index is 0.0283. The number of hydrogen-bond donors (Lipinski definition) is 0. The molecule has 0 bridgehead atoms. The molecular formula is C27H24N2O4S. The van der Waals surface area contributed by atoms with Crippen molar-refractivity contribution in [3.05, 3.63) is 113 Å². The van der Waals surface area contributed by atoms with E-state index in [-0.39, 0.29) is 23.0 Å². The zero-order valence-corrected chi connectivity index (χ0v) is 19.7. The Hall–Kier alpha value is -3.97. The summed E-state index contributed by atoms with van der Waals surface area (Å²) in [4.78, 5) is 17.1. The van der Waals surface area contributed by atoms with Crippen LogP contribution in [0.4, 0.5) is 5.69 Å². The van der Waals surface area contributed by atoms with Crippen molar-refractivity contribution in [2.24, 2.45) is 4.99 Å². The molecule has 0 aromatic heterocycles. The summed E-state index contributed by atoms with van der Waals surface area (Å²) >= 11 is 0. The molecule has 6 nitrogen and oxygen atoms in total. The molecule has 34 heavy (non-hydrogen) atoms. The Kier molecular flexibility index (Phi) is 6.47. The topological polar surface area (TPSA) is 76.0 Å². The minimum atomic E-state index is -3.91. The smallest absolute Gasteiger partial charge is 0.363 e. The van der Waals surface area contributed by atoms with Gasteiger partial charge in [-0.05, 0) is 49.8 Å². The SMILES string of the molecule is C=CCN(c1ccccc1C1=NC(=Cc2ccc(C)cc2)C(=O)O1)S(=O)(=O)c1ccc(C)cc1. The number of ether oxygens (including phenoxy) is 1. The van der Waals surface area contributed by atoms with E-state index in [4.69, 9.17) is 4.74 Å². The number of nitrogens with zero attached hydrogens (tertiary/aromatic N) is 2. The quantitative estimate of drug-likeness (QED) is 0.275. The van der Waals surface area contributed by atoms with Gasteiger partial charge in [-0.3, -0.25) is 4.31 Å². The van der Waals surface area contributed by atoms with E-state index in [0.29, 0.717) is 11.3 Å². The number of sulfonamides is 1. The first kappa shape index (κ1) is 23.2. The lowest BCUT2D eigenvalue weighted by atomic mass is 10.1. The number of aliphatic imine (C=N–C) groups is 1. The number of anilines is 1. The van der Waals surface area contributed by atoms with Crippen LogP contribution in [0.5, 0.6) is 0 Å². The third kappa shape index (κ3) is 4.70. The van der Waals surface area contributed by atoms with E-state index in [9.17, 15) is 13.2 Å². The number of hydrogen-bond acceptors (Lipinski definition) is 5. The van der Waals surface area contributed by atoms with Gasteiger partial charge in [0.05, 0.1) is 22.7 Å². The molecule has 7 heteroatoms. The molecule has 0 radical (unpaired) electrons. The standard InChI is InChI=1S/C27H24N2O4S/c1-4-17-29(34(31,32)22-15-11-20(3)12-16-22)25-8-6-5-7-23(25)26-28-24(27(30)33-26)18-21-13-9-19(2)10-14-21/h4-16,18H,1,17H2,2-3H3. The third-order valence-corrected chi connectivity index (χ3v) is 7.10. The summed E-state index contributed by atoms with van der Waals surface area (Å²) in [5.41, 5.74) is 3.74. The van der Waals surface area contributed by atoms with Crippen LogP contribution in [0.1, 0.15) is 22.3 Å². The van der Waals surface area contributed by atoms with E-state index in [2.05, 4.69) is 11.6 Å². The van der Waals surface area contributed by atoms with Gasteiger partial charge in [0.15, 0.2) is 5.70 Å². The van der Waals surface area contributed by atoms with Crippen LogP contribution in [0.2, 0.25) is 0 Å². The lowest BCUT2D eigenvalue weighted by molar-refractivity contribution is -0.129. The Bertz CT molecular complexity index is 1400. The van der Waals surface area contributed by atoms with Crippen molar-refractivity contribution in [3.8, 4) is 0 Å². The maximum Gasteiger partial charge on any atom is 0.363 e. The summed E-state index contributed by atoms with van der Waals surface area (Å²) in [5, 5.41) is 0. The fraction of sp³-hybridized carbons (Fsp3) is 0.111. The van der Waals surface area contributed by atoms with E-state index < -0.39 is 16.0 Å². The number of esters is 1. The van der Waals surface area contributed by atoms with Crippen LogP contribution in [-0.4, -0.2) is 26.8 Å². The number of aryl methyl sites for hydroxylation is 2. The Morgan fingerprint density at radius 3 is 2.21 bits per heavy atom. The second-order valence-corrected chi connectivity index (χ2v) is 9.76. The fourth-order valence-electron chi connectivity index (χ4n) is 3.50. The lowest BCUT2D eigenvalue weighted by Gasteiger charge is -2.25. The molecule has 1 aliphatic heterocycles. The van der Waals surface area contributed by atoms with Crippen molar-refractivity contribution in [1.29, 1.82) is 0 Å². The summed E-state index contributed by atoms with van der Waals surface area (Å²) in [6.45, 7) is 7.62. The van der Waals surface area contributed by atoms with Crippen molar-refractivity contribution in [2.75, 3.05) is 10.8 Å². The summed E-state index contributed by atoms with van der Waals surface area (Å²) in [6.07, 6.45) is 3.15. The van der Waals surface area contributed by atoms with Gasteiger partial charge < -0.3 is 4.74 Å². The molecule has 0 fully saturated rings. The molecule has 1 heterocycles. The van der Waals surface area contributed by atoms with Gasteiger partial charge in [0.25, 0.3) is 10.0 Å². The van der Waals surface area contributed by atoms with E-state index in [1.54, 1.807) is 54.6 Å². The second kappa shape index (κ2) is 9.49. The maximum atomic E-state index is 13.5. The molecule has 0 amide bonds. The van der Waals surface area contributed by atoms with Gasteiger partial charge in [-0.25, -0.2) is 18.2 Å². The summed E-state index contributed by atoms with van der Waals surface area (Å²) in [6, 6.07) is 21.1. The Labute approximate surface area is 199 Å². The molecule has 3 aromatic rings. The van der Waals surface area contributed by atoms with Crippen LogP contribution in [0, 0.1) is 13.8 Å². The van der Waals surface area contributed by atoms with Gasteiger partial charge in [0.1, 0.15) is 0 Å². The zero-order chi connectivity index (χ0) is 24.3. The number of carbonyl (C=O) groups is 1. The lowest BCUT2D eigenvalue weighted by Crippen LogP contribution is -2.32. The van der Waals surface area contributed by atoms with E-state index >= 15 is 0 Å². The molecular weight excluding hydrogens is 448 g/mol. The zero-order valence-electron chi connectivity index (χ0n) is 18.9. The molecule has 0 saturated carbocycles. The first-order valence-electron chi connectivity index (χ1n) is 10.7. The van der Waals surface area contributed by atoms with Crippen LogP contribution in [0.25, 0.3) is 6.08 Å². The second-order valence-electron chi connectivity index (χ2n) is 7.90. The van der Waals surface area contributed by atoms with Gasteiger partial charge >= 0.3 is 5.97 Å². The highest BCUT2D eigenvalue weighted by Gasteiger charge is 2.31. The van der Waals surface area contributed by atoms with Crippen molar-refractivity contribution in [3.63, 3.8) is 0 Å². The number of carbonyl (C=O) groups excluding carboxylic acids is 1. The summed E-state index contributed by atoms with van der Waals surface area (Å²) in [7, 11) is -3.91. The first-order chi connectivity index (χ1) is 16.3. The molecule has 0 saturated heterocycles. The van der Waals surface area contributed by atoms with Crippen LogP contribution in [-0.2, 0) is 19.6 Å². The highest BCUT2D eigenvalue weighted by atomic mass is 32.2. The Balaban J connectivity index is 1.77. The average Bonchev–Trinajstić information content (AvgIpc) is 3.19. The number of benzene rings is 3. The maximum absolute atomic E-state index is 13.5.